The largest absolute Gasteiger partial charge is 0.490 e. The first-order chi connectivity index (χ1) is 13.0. The average Bonchev–Trinajstić information content (AvgIpc) is 2.65. The van der Waals surface area contributed by atoms with Crippen molar-refractivity contribution in [3.63, 3.8) is 0 Å². The van der Waals surface area contributed by atoms with Crippen LogP contribution in [-0.4, -0.2) is 23.9 Å². The molecule has 1 aromatic carbocycles. The van der Waals surface area contributed by atoms with Crippen LogP contribution < -0.4 is 10.1 Å². The smallest absolute Gasteiger partial charge is 0.121 e. The van der Waals surface area contributed by atoms with Gasteiger partial charge in [0, 0.05) is 31.1 Å². The summed E-state index contributed by atoms with van der Waals surface area (Å²) in [6.45, 7) is 8.41. The number of aromatic nitrogens is 1. The minimum absolute atomic E-state index is 0.329. The van der Waals surface area contributed by atoms with Crippen molar-refractivity contribution in [1.29, 1.82) is 0 Å². The van der Waals surface area contributed by atoms with Gasteiger partial charge in [-0.05, 0) is 60.6 Å². The van der Waals surface area contributed by atoms with Crippen LogP contribution in [0.2, 0.25) is 0 Å². The Kier molecular flexibility index (Phi) is 6.48. The van der Waals surface area contributed by atoms with Crippen molar-refractivity contribution in [3.8, 4) is 5.75 Å². The summed E-state index contributed by atoms with van der Waals surface area (Å²) >= 11 is 0. The molecule has 3 rings (SSSR count). The fourth-order valence-electron chi connectivity index (χ4n) is 3.95. The van der Waals surface area contributed by atoms with Gasteiger partial charge < -0.3 is 14.8 Å². The second-order valence-corrected chi connectivity index (χ2v) is 8.77. The van der Waals surface area contributed by atoms with Gasteiger partial charge in [0.25, 0.3) is 0 Å². The van der Waals surface area contributed by atoms with Crippen LogP contribution in [0.3, 0.4) is 0 Å². The van der Waals surface area contributed by atoms with Crippen LogP contribution in [-0.2, 0) is 11.3 Å². The van der Waals surface area contributed by atoms with E-state index in [9.17, 15) is 4.79 Å². The van der Waals surface area contributed by atoms with Crippen LogP contribution in [0.4, 0.5) is 0 Å². The van der Waals surface area contributed by atoms with Crippen LogP contribution in [0.15, 0.2) is 30.5 Å². The lowest BCUT2D eigenvalue weighted by atomic mass is 9.72. The third-order valence-corrected chi connectivity index (χ3v) is 5.70. The summed E-state index contributed by atoms with van der Waals surface area (Å²) in [4.78, 5) is 14.9. The predicted molar refractivity (Wildman–Crippen MR) is 110 cm³/mol. The molecule has 0 unspecified atom stereocenters. The van der Waals surface area contributed by atoms with Gasteiger partial charge in [0.2, 0.25) is 0 Å². The van der Waals surface area contributed by atoms with E-state index in [1.54, 1.807) is 0 Å². The molecule has 1 aromatic heterocycles. The second-order valence-electron chi connectivity index (χ2n) is 8.77. The molecule has 1 saturated carbocycles. The molecular weight excluding hydrogens is 336 g/mol. The van der Waals surface area contributed by atoms with Crippen LogP contribution >= 0.6 is 0 Å². The van der Waals surface area contributed by atoms with Gasteiger partial charge in [-0.15, -0.1) is 0 Å². The molecule has 1 fully saturated rings. The molecule has 0 saturated heterocycles. The number of hydrogen-bond donors (Lipinski definition) is 1. The van der Waals surface area contributed by atoms with Crippen LogP contribution in [0, 0.1) is 11.3 Å². The number of pyridine rings is 1. The Morgan fingerprint density at radius 1 is 1.15 bits per heavy atom. The first kappa shape index (κ1) is 19.8. The molecule has 1 heterocycles. The summed E-state index contributed by atoms with van der Waals surface area (Å²) in [5.74, 6) is 1.75. The van der Waals surface area contributed by atoms with Gasteiger partial charge in [0.15, 0.2) is 0 Å². The van der Waals surface area contributed by atoms with Crippen LogP contribution in [0.1, 0.15) is 58.6 Å². The number of fused-ring (bicyclic) bond motifs is 1. The maximum atomic E-state index is 10.4. The fraction of sp³-hybridized carbons (Fsp3) is 0.565. The highest BCUT2D eigenvalue weighted by molar-refractivity contribution is 5.83. The highest BCUT2D eigenvalue weighted by Gasteiger charge is 2.30. The maximum Gasteiger partial charge on any atom is 0.121 e. The zero-order chi connectivity index (χ0) is 19.3. The van der Waals surface area contributed by atoms with Crippen molar-refractivity contribution in [3.05, 3.63) is 36.2 Å². The number of aldehydes is 1. The average molecular weight is 369 g/mol. The van der Waals surface area contributed by atoms with Gasteiger partial charge >= 0.3 is 0 Å². The zero-order valence-electron chi connectivity index (χ0n) is 16.8. The molecule has 0 radical (unpaired) electrons. The van der Waals surface area contributed by atoms with E-state index in [0.29, 0.717) is 31.0 Å². The SMILES string of the molecule is CC(C)(C)C1CCC(Oc2ccc3cc(CNCCC=O)ncc3c2)CC1. The van der Waals surface area contributed by atoms with Crippen molar-refractivity contribution in [2.45, 2.75) is 65.5 Å². The van der Waals surface area contributed by atoms with E-state index in [-0.39, 0.29) is 0 Å². The minimum atomic E-state index is 0.329. The Morgan fingerprint density at radius 3 is 2.63 bits per heavy atom. The molecule has 0 amide bonds. The molecule has 1 aliphatic rings. The first-order valence-electron chi connectivity index (χ1n) is 10.2. The first-order valence-corrected chi connectivity index (χ1v) is 10.2. The lowest BCUT2D eigenvalue weighted by Gasteiger charge is -2.36. The van der Waals surface area contributed by atoms with Gasteiger partial charge in [0.05, 0.1) is 11.8 Å². The van der Waals surface area contributed by atoms with E-state index in [1.165, 1.54) is 18.2 Å². The number of carbonyl (C=O) groups is 1. The third-order valence-electron chi connectivity index (χ3n) is 5.70. The monoisotopic (exact) mass is 368 g/mol. The Bertz CT molecular complexity index is 759. The number of nitrogens with zero attached hydrogens (tertiary/aromatic N) is 1. The Morgan fingerprint density at radius 2 is 1.93 bits per heavy atom. The zero-order valence-corrected chi connectivity index (χ0v) is 16.8. The summed E-state index contributed by atoms with van der Waals surface area (Å²) < 4.78 is 6.27. The van der Waals surface area contributed by atoms with E-state index in [1.807, 2.05) is 6.20 Å². The molecule has 0 spiro atoms. The summed E-state index contributed by atoms with van der Waals surface area (Å²) in [5, 5.41) is 5.50. The van der Waals surface area contributed by atoms with E-state index in [4.69, 9.17) is 4.74 Å². The lowest BCUT2D eigenvalue weighted by molar-refractivity contribution is -0.107. The lowest BCUT2D eigenvalue weighted by Crippen LogP contribution is -2.30. The predicted octanol–water partition coefficient (Wildman–Crippen LogP) is 4.90. The van der Waals surface area contributed by atoms with E-state index >= 15 is 0 Å². The summed E-state index contributed by atoms with van der Waals surface area (Å²) in [5.41, 5.74) is 1.39. The van der Waals surface area contributed by atoms with Crippen molar-refractivity contribution in [2.24, 2.45) is 11.3 Å². The summed E-state index contributed by atoms with van der Waals surface area (Å²) in [7, 11) is 0. The quantitative estimate of drug-likeness (QED) is 0.558. The van der Waals surface area contributed by atoms with E-state index < -0.39 is 0 Å². The Balaban J connectivity index is 1.58. The number of rotatable bonds is 7. The Labute approximate surface area is 162 Å². The normalized spacial score (nSPS) is 20.6. The van der Waals surface area contributed by atoms with Crippen LogP contribution in [0.25, 0.3) is 10.8 Å². The summed E-state index contributed by atoms with van der Waals surface area (Å²) in [6.07, 6.45) is 8.50. The van der Waals surface area contributed by atoms with Gasteiger partial charge in [-0.25, -0.2) is 0 Å². The van der Waals surface area contributed by atoms with Crippen molar-refractivity contribution in [1.82, 2.24) is 10.3 Å². The number of hydrogen-bond acceptors (Lipinski definition) is 4. The molecule has 27 heavy (non-hydrogen) atoms. The molecule has 0 bridgehead atoms. The van der Waals surface area contributed by atoms with Gasteiger partial charge in [-0.2, -0.15) is 0 Å². The number of benzene rings is 1. The van der Waals surface area contributed by atoms with Crippen molar-refractivity contribution >= 4 is 17.1 Å². The molecule has 1 N–H and O–H groups in total. The fourth-order valence-corrected chi connectivity index (χ4v) is 3.95. The minimum Gasteiger partial charge on any atom is -0.490 e. The molecule has 1 aliphatic carbocycles. The highest BCUT2D eigenvalue weighted by Crippen LogP contribution is 2.38. The molecular formula is C23H32N2O2. The van der Waals surface area contributed by atoms with Gasteiger partial charge in [-0.3, -0.25) is 4.98 Å². The van der Waals surface area contributed by atoms with Crippen LogP contribution in [0.5, 0.6) is 5.75 Å². The van der Waals surface area contributed by atoms with E-state index in [2.05, 4.69) is 55.3 Å². The molecule has 0 aliphatic heterocycles. The second kappa shape index (κ2) is 8.83. The third kappa shape index (κ3) is 5.52. The van der Waals surface area contributed by atoms with Gasteiger partial charge in [-0.1, -0.05) is 26.8 Å². The molecule has 2 aromatic rings. The maximum absolute atomic E-state index is 10.4. The topological polar surface area (TPSA) is 51.2 Å². The summed E-state index contributed by atoms with van der Waals surface area (Å²) in [6, 6.07) is 8.38. The number of carbonyl (C=O) groups excluding carboxylic acids is 1. The van der Waals surface area contributed by atoms with E-state index in [0.717, 1.165) is 41.9 Å². The van der Waals surface area contributed by atoms with Crippen molar-refractivity contribution < 1.29 is 9.53 Å². The molecule has 4 heteroatoms. The number of nitrogens with one attached hydrogen (secondary N) is 1. The molecule has 0 atom stereocenters. The van der Waals surface area contributed by atoms with Gasteiger partial charge in [0.1, 0.15) is 12.0 Å². The number of ether oxygens (including phenoxy) is 1. The molecule has 146 valence electrons. The standard InChI is InChI=1S/C23H32N2O2/c1-23(2,3)19-6-9-21(10-7-19)27-22-8-5-17-13-20(16-24-11-4-12-26)25-15-18(17)14-22/h5,8,12-15,19,21,24H,4,6-7,9-11,16H2,1-3H3. The Hall–Kier alpha value is -1.94. The molecule has 4 nitrogen and oxygen atoms in total. The highest BCUT2D eigenvalue weighted by atomic mass is 16.5. The van der Waals surface area contributed by atoms with Crippen molar-refractivity contribution in [2.75, 3.05) is 6.54 Å².